The maximum atomic E-state index is 14.7. The predicted octanol–water partition coefficient (Wildman–Crippen LogP) is 4.85. The van der Waals surface area contributed by atoms with Crippen LogP contribution < -0.4 is 9.62 Å². The SMILES string of the molecule is Cc1ccccc1N(CCCC(=O)N(Cc1ccccc1F)[C@@H](Cc1ccccc1)C(=O)NC(C)C)S(C)(=O)=O. The fraction of sp³-hybridized carbons (Fsp3) is 0.355. The smallest absolute Gasteiger partial charge is 0.243 e. The Labute approximate surface area is 237 Å². The third-order valence-corrected chi connectivity index (χ3v) is 7.72. The molecule has 0 heterocycles. The van der Waals surface area contributed by atoms with Crippen LogP contribution in [0.25, 0.3) is 0 Å². The van der Waals surface area contributed by atoms with Gasteiger partial charge in [-0.1, -0.05) is 66.7 Å². The van der Waals surface area contributed by atoms with Crippen molar-refractivity contribution in [3.05, 3.63) is 101 Å². The Morgan fingerprint density at radius 1 is 0.925 bits per heavy atom. The third kappa shape index (κ3) is 8.64. The molecule has 9 heteroatoms. The lowest BCUT2D eigenvalue weighted by molar-refractivity contribution is -0.141. The summed E-state index contributed by atoms with van der Waals surface area (Å²) in [5.74, 6) is -1.16. The molecule has 0 fully saturated rings. The summed E-state index contributed by atoms with van der Waals surface area (Å²) in [5, 5.41) is 2.91. The van der Waals surface area contributed by atoms with E-state index in [-0.39, 0.29) is 50.2 Å². The summed E-state index contributed by atoms with van der Waals surface area (Å²) in [6, 6.07) is 21.7. The lowest BCUT2D eigenvalue weighted by atomic mass is 10.0. The van der Waals surface area contributed by atoms with Gasteiger partial charge in [-0.25, -0.2) is 12.8 Å². The van der Waals surface area contributed by atoms with Crippen LogP contribution in [0.15, 0.2) is 78.9 Å². The van der Waals surface area contributed by atoms with Crippen molar-refractivity contribution in [3.8, 4) is 0 Å². The summed E-state index contributed by atoms with van der Waals surface area (Å²) < 4.78 is 41.2. The van der Waals surface area contributed by atoms with Crippen LogP contribution >= 0.6 is 0 Å². The summed E-state index contributed by atoms with van der Waals surface area (Å²) in [6.45, 7) is 5.50. The van der Waals surface area contributed by atoms with Gasteiger partial charge in [-0.05, 0) is 50.5 Å². The summed E-state index contributed by atoms with van der Waals surface area (Å²) >= 11 is 0. The van der Waals surface area contributed by atoms with Crippen LogP contribution in [0, 0.1) is 12.7 Å². The molecule has 2 amide bonds. The number of benzene rings is 3. The Morgan fingerprint density at radius 3 is 2.17 bits per heavy atom. The average Bonchev–Trinajstić information content (AvgIpc) is 2.89. The first-order valence-corrected chi connectivity index (χ1v) is 15.2. The van der Waals surface area contributed by atoms with Crippen molar-refractivity contribution in [2.45, 2.75) is 58.7 Å². The maximum Gasteiger partial charge on any atom is 0.243 e. The number of anilines is 1. The first-order valence-electron chi connectivity index (χ1n) is 13.4. The number of hydrogen-bond donors (Lipinski definition) is 1. The Morgan fingerprint density at radius 2 is 1.55 bits per heavy atom. The molecule has 3 aromatic rings. The van der Waals surface area contributed by atoms with Gasteiger partial charge in [-0.15, -0.1) is 0 Å². The van der Waals surface area contributed by atoms with Crippen molar-refractivity contribution in [2.24, 2.45) is 0 Å². The Balaban J connectivity index is 1.90. The molecule has 3 aromatic carbocycles. The van der Waals surface area contributed by atoms with Gasteiger partial charge in [0.05, 0.1) is 11.9 Å². The van der Waals surface area contributed by atoms with Crippen LogP contribution in [-0.4, -0.2) is 50.0 Å². The van der Waals surface area contributed by atoms with Crippen molar-refractivity contribution in [1.29, 1.82) is 0 Å². The number of para-hydroxylation sites is 1. The molecule has 40 heavy (non-hydrogen) atoms. The number of carbonyl (C=O) groups excluding carboxylic acids is 2. The molecule has 1 atom stereocenters. The summed E-state index contributed by atoms with van der Waals surface area (Å²) in [4.78, 5) is 28.6. The lowest BCUT2D eigenvalue weighted by Gasteiger charge is -2.32. The zero-order valence-corrected chi connectivity index (χ0v) is 24.3. The summed E-state index contributed by atoms with van der Waals surface area (Å²) in [7, 11) is -3.60. The number of hydrogen-bond acceptors (Lipinski definition) is 4. The van der Waals surface area contributed by atoms with Gasteiger partial charge in [0, 0.05) is 37.5 Å². The second kappa shape index (κ2) is 14.1. The van der Waals surface area contributed by atoms with Crippen molar-refractivity contribution in [3.63, 3.8) is 0 Å². The zero-order valence-electron chi connectivity index (χ0n) is 23.5. The molecule has 0 saturated carbocycles. The highest BCUT2D eigenvalue weighted by Gasteiger charge is 2.31. The second-order valence-corrected chi connectivity index (χ2v) is 12.1. The van der Waals surface area contributed by atoms with Gasteiger partial charge in [0.1, 0.15) is 11.9 Å². The number of aryl methyl sites for hydroxylation is 1. The molecule has 1 N–H and O–H groups in total. The van der Waals surface area contributed by atoms with Crippen LogP contribution in [0.3, 0.4) is 0 Å². The quantitative estimate of drug-likeness (QED) is 0.320. The highest BCUT2D eigenvalue weighted by atomic mass is 32.2. The van der Waals surface area contributed by atoms with Crippen LogP contribution in [0.5, 0.6) is 0 Å². The fourth-order valence-electron chi connectivity index (χ4n) is 4.57. The molecule has 0 aliphatic carbocycles. The van der Waals surface area contributed by atoms with Gasteiger partial charge in [-0.2, -0.15) is 0 Å². The molecule has 3 rings (SSSR count). The van der Waals surface area contributed by atoms with Gasteiger partial charge >= 0.3 is 0 Å². The molecule has 0 bridgehead atoms. The van der Waals surface area contributed by atoms with Gasteiger partial charge in [0.2, 0.25) is 21.8 Å². The van der Waals surface area contributed by atoms with E-state index in [1.54, 1.807) is 30.3 Å². The molecular formula is C31H38FN3O4S. The standard InChI is InChI=1S/C31H38FN3O4S/c1-23(2)33-31(37)29(21-25-14-6-5-7-15-25)34(22-26-16-9-10-17-27(26)32)30(36)19-12-20-35(40(4,38)39)28-18-11-8-13-24(28)3/h5-11,13-18,23,29H,12,19-22H2,1-4H3,(H,33,37)/t29-/m0/s1. The molecule has 0 radical (unpaired) electrons. The van der Waals surface area contributed by atoms with Crippen molar-refractivity contribution in [1.82, 2.24) is 10.2 Å². The minimum absolute atomic E-state index is 0.0212. The molecule has 0 spiro atoms. The first-order chi connectivity index (χ1) is 19.0. The minimum atomic E-state index is -3.60. The molecular weight excluding hydrogens is 529 g/mol. The van der Waals surface area contributed by atoms with E-state index in [1.165, 1.54) is 15.3 Å². The highest BCUT2D eigenvalue weighted by molar-refractivity contribution is 7.92. The number of carbonyl (C=O) groups is 2. The molecule has 0 aliphatic rings. The van der Waals surface area contributed by atoms with E-state index in [4.69, 9.17) is 0 Å². The average molecular weight is 568 g/mol. The molecule has 7 nitrogen and oxygen atoms in total. The third-order valence-electron chi connectivity index (χ3n) is 6.54. The van der Waals surface area contributed by atoms with E-state index < -0.39 is 21.9 Å². The van der Waals surface area contributed by atoms with E-state index in [1.807, 2.05) is 63.2 Å². The maximum absolute atomic E-state index is 14.7. The lowest BCUT2D eigenvalue weighted by Crippen LogP contribution is -2.52. The number of rotatable bonds is 13. The highest BCUT2D eigenvalue weighted by Crippen LogP contribution is 2.23. The van der Waals surface area contributed by atoms with E-state index in [9.17, 15) is 22.4 Å². The number of halogens is 1. The topological polar surface area (TPSA) is 86.8 Å². The van der Waals surface area contributed by atoms with Gasteiger partial charge < -0.3 is 10.2 Å². The van der Waals surface area contributed by atoms with E-state index in [0.717, 1.165) is 17.4 Å². The molecule has 0 aromatic heterocycles. The van der Waals surface area contributed by atoms with E-state index in [0.29, 0.717) is 11.3 Å². The Bertz CT molecular complexity index is 1400. The van der Waals surface area contributed by atoms with E-state index >= 15 is 0 Å². The first kappa shape index (κ1) is 30.8. The van der Waals surface area contributed by atoms with Gasteiger partial charge in [-0.3, -0.25) is 13.9 Å². The minimum Gasteiger partial charge on any atom is -0.352 e. The second-order valence-electron chi connectivity index (χ2n) is 10.2. The monoisotopic (exact) mass is 567 g/mol. The van der Waals surface area contributed by atoms with Crippen LogP contribution in [-0.2, 0) is 32.6 Å². The van der Waals surface area contributed by atoms with Crippen molar-refractivity contribution in [2.75, 3.05) is 17.1 Å². The summed E-state index contributed by atoms with van der Waals surface area (Å²) in [6.07, 6.45) is 1.58. The van der Waals surface area contributed by atoms with E-state index in [2.05, 4.69) is 5.32 Å². The number of nitrogens with one attached hydrogen (secondary N) is 1. The van der Waals surface area contributed by atoms with Gasteiger partial charge in [0.25, 0.3) is 0 Å². The van der Waals surface area contributed by atoms with Crippen LogP contribution in [0.2, 0.25) is 0 Å². The predicted molar refractivity (Wildman–Crippen MR) is 157 cm³/mol. The number of amides is 2. The molecule has 0 unspecified atom stereocenters. The number of sulfonamides is 1. The Kier molecular flexibility index (Phi) is 10.8. The molecule has 0 saturated heterocycles. The number of nitrogens with zero attached hydrogens (tertiary/aromatic N) is 2. The normalized spacial score (nSPS) is 12.2. The van der Waals surface area contributed by atoms with Crippen molar-refractivity contribution < 1.29 is 22.4 Å². The molecule has 214 valence electrons. The van der Waals surface area contributed by atoms with Crippen molar-refractivity contribution >= 4 is 27.5 Å². The largest absolute Gasteiger partial charge is 0.352 e. The summed E-state index contributed by atoms with van der Waals surface area (Å²) in [5.41, 5.74) is 2.51. The van der Waals surface area contributed by atoms with Gasteiger partial charge in [0.15, 0.2) is 0 Å². The Hall–Kier alpha value is -3.72. The van der Waals surface area contributed by atoms with Crippen LogP contribution in [0.1, 0.15) is 43.4 Å². The molecule has 0 aliphatic heterocycles. The fourth-order valence-corrected chi connectivity index (χ4v) is 5.59. The van der Waals surface area contributed by atoms with Crippen LogP contribution in [0.4, 0.5) is 10.1 Å². The zero-order chi connectivity index (χ0) is 29.3.